The van der Waals surface area contributed by atoms with Crippen LogP contribution in [0.2, 0.25) is 0 Å². The summed E-state index contributed by atoms with van der Waals surface area (Å²) < 4.78 is 11.1. The van der Waals surface area contributed by atoms with Crippen LogP contribution < -0.4 is 0 Å². The van der Waals surface area contributed by atoms with Crippen LogP contribution in [-0.2, 0) is 20.7 Å². The van der Waals surface area contributed by atoms with Gasteiger partial charge in [0.05, 0.1) is 13.2 Å². The predicted octanol–water partition coefficient (Wildman–Crippen LogP) is 2.86. The Morgan fingerprint density at radius 1 is 1.29 bits per heavy atom. The van der Waals surface area contributed by atoms with E-state index in [0.29, 0.717) is 19.4 Å². The normalized spacial score (nSPS) is 26.8. The number of ketones is 1. The van der Waals surface area contributed by atoms with Crippen LogP contribution in [0.5, 0.6) is 0 Å². The van der Waals surface area contributed by atoms with Crippen LogP contribution in [0.15, 0.2) is 54.6 Å². The molecule has 21 heavy (non-hydrogen) atoms. The van der Waals surface area contributed by atoms with Crippen molar-refractivity contribution < 1.29 is 14.3 Å². The van der Waals surface area contributed by atoms with Gasteiger partial charge in [0, 0.05) is 12.8 Å². The largest absolute Gasteiger partial charge is 0.371 e. The molecule has 0 aromatic heterocycles. The third-order valence-electron chi connectivity index (χ3n) is 3.92. The second-order valence-corrected chi connectivity index (χ2v) is 5.56. The first-order valence-electron chi connectivity index (χ1n) is 7.46. The molecule has 1 saturated heterocycles. The van der Waals surface area contributed by atoms with Crippen LogP contribution in [-0.4, -0.2) is 30.7 Å². The molecule has 0 amide bonds. The highest BCUT2D eigenvalue weighted by molar-refractivity contribution is 5.90. The van der Waals surface area contributed by atoms with Gasteiger partial charge < -0.3 is 9.47 Å². The van der Waals surface area contributed by atoms with E-state index in [0.717, 1.165) is 13.0 Å². The molecule has 3 heteroatoms. The maximum absolute atomic E-state index is 12.7. The summed E-state index contributed by atoms with van der Waals surface area (Å²) >= 11 is 0. The molecule has 1 aliphatic heterocycles. The fourth-order valence-electron chi connectivity index (χ4n) is 2.52. The standard InChI is InChI=1S/C18H20O3/c19-17(10-9-15-7-3-1-4-8-15)18(11-5-2-6-12-18)21-14-16-13-20-16/h1-8,11,16H,9-10,12-14H2. The Kier molecular flexibility index (Phi) is 4.32. The van der Waals surface area contributed by atoms with Gasteiger partial charge >= 0.3 is 0 Å². The van der Waals surface area contributed by atoms with Crippen molar-refractivity contribution in [3.63, 3.8) is 0 Å². The number of carbonyl (C=O) groups is 1. The van der Waals surface area contributed by atoms with Gasteiger partial charge in [-0.1, -0.05) is 48.6 Å². The fourth-order valence-corrected chi connectivity index (χ4v) is 2.52. The molecular weight excluding hydrogens is 264 g/mol. The Morgan fingerprint density at radius 2 is 2.10 bits per heavy atom. The molecule has 0 N–H and O–H groups in total. The van der Waals surface area contributed by atoms with Gasteiger partial charge in [0.15, 0.2) is 5.78 Å². The molecule has 1 aromatic rings. The molecule has 1 aromatic carbocycles. The van der Waals surface area contributed by atoms with Crippen molar-refractivity contribution in [1.82, 2.24) is 0 Å². The minimum atomic E-state index is -0.796. The highest BCUT2D eigenvalue weighted by Gasteiger charge is 2.38. The monoisotopic (exact) mass is 284 g/mol. The number of hydrogen-bond donors (Lipinski definition) is 0. The van der Waals surface area contributed by atoms with Crippen molar-refractivity contribution in [1.29, 1.82) is 0 Å². The Morgan fingerprint density at radius 3 is 2.76 bits per heavy atom. The highest BCUT2D eigenvalue weighted by atomic mass is 16.6. The molecule has 3 rings (SSSR count). The van der Waals surface area contributed by atoms with E-state index in [1.165, 1.54) is 5.56 Å². The minimum Gasteiger partial charge on any atom is -0.371 e. The summed E-state index contributed by atoms with van der Waals surface area (Å²) in [6.45, 7) is 1.24. The molecule has 110 valence electrons. The quantitative estimate of drug-likeness (QED) is 0.723. The number of Topliss-reactive ketones (excluding diaryl/α,β-unsaturated/α-hetero) is 1. The van der Waals surface area contributed by atoms with E-state index in [1.807, 2.05) is 42.5 Å². The van der Waals surface area contributed by atoms with Crippen LogP contribution in [0.4, 0.5) is 0 Å². The third kappa shape index (κ3) is 3.69. The molecular formula is C18H20O3. The molecule has 1 heterocycles. The Balaban J connectivity index is 1.62. The average Bonchev–Trinajstić information content (AvgIpc) is 3.37. The molecule has 0 radical (unpaired) electrons. The van der Waals surface area contributed by atoms with Crippen molar-refractivity contribution in [2.24, 2.45) is 0 Å². The van der Waals surface area contributed by atoms with Gasteiger partial charge in [0.1, 0.15) is 11.7 Å². The number of rotatable bonds is 7. The summed E-state index contributed by atoms with van der Waals surface area (Å²) in [6, 6.07) is 10.1. The van der Waals surface area contributed by atoms with E-state index in [2.05, 4.69) is 12.1 Å². The molecule has 0 spiro atoms. The number of epoxide rings is 1. The van der Waals surface area contributed by atoms with Crippen molar-refractivity contribution in [2.75, 3.05) is 13.2 Å². The number of hydrogen-bond acceptors (Lipinski definition) is 3. The highest BCUT2D eigenvalue weighted by Crippen LogP contribution is 2.27. The number of carbonyl (C=O) groups excluding carboxylic acids is 1. The molecule has 0 saturated carbocycles. The van der Waals surface area contributed by atoms with Gasteiger partial charge in [0.25, 0.3) is 0 Å². The van der Waals surface area contributed by atoms with Gasteiger partial charge in [0.2, 0.25) is 0 Å². The second kappa shape index (κ2) is 6.37. The number of ether oxygens (including phenoxy) is 2. The third-order valence-corrected chi connectivity index (χ3v) is 3.92. The maximum Gasteiger partial charge on any atom is 0.169 e. The topological polar surface area (TPSA) is 38.8 Å². The lowest BCUT2D eigenvalue weighted by molar-refractivity contribution is -0.139. The first-order chi connectivity index (χ1) is 10.3. The summed E-state index contributed by atoms with van der Waals surface area (Å²) in [5.74, 6) is 0.146. The SMILES string of the molecule is O=C(CCc1ccccc1)C1(OCC2CO2)C=CC=CC1. The lowest BCUT2D eigenvalue weighted by Crippen LogP contribution is -2.41. The summed E-state index contributed by atoms with van der Waals surface area (Å²) in [5, 5.41) is 0. The van der Waals surface area contributed by atoms with Crippen molar-refractivity contribution >= 4 is 5.78 Å². The fraction of sp³-hybridized carbons (Fsp3) is 0.389. The second-order valence-electron chi connectivity index (χ2n) is 5.56. The van der Waals surface area contributed by atoms with E-state index >= 15 is 0 Å². The summed E-state index contributed by atoms with van der Waals surface area (Å²) in [6.07, 6.45) is 9.77. The van der Waals surface area contributed by atoms with Gasteiger partial charge in [-0.3, -0.25) is 4.79 Å². The first kappa shape index (κ1) is 14.2. The lowest BCUT2D eigenvalue weighted by Gasteiger charge is -2.30. The first-order valence-corrected chi connectivity index (χ1v) is 7.46. The summed E-state index contributed by atoms with van der Waals surface area (Å²) in [4.78, 5) is 12.7. The molecule has 1 aliphatic carbocycles. The zero-order chi connectivity index (χ0) is 14.5. The number of aryl methyl sites for hydroxylation is 1. The Hall–Kier alpha value is -1.71. The molecule has 0 bridgehead atoms. The van der Waals surface area contributed by atoms with Crippen molar-refractivity contribution in [2.45, 2.75) is 31.0 Å². The van der Waals surface area contributed by atoms with E-state index in [-0.39, 0.29) is 11.9 Å². The van der Waals surface area contributed by atoms with Gasteiger partial charge in [-0.2, -0.15) is 0 Å². The molecule has 1 fully saturated rings. The molecule has 2 aliphatic rings. The summed E-state index contributed by atoms with van der Waals surface area (Å²) in [5.41, 5.74) is 0.386. The van der Waals surface area contributed by atoms with Crippen LogP contribution in [0, 0.1) is 0 Å². The minimum absolute atomic E-state index is 0.146. The van der Waals surface area contributed by atoms with E-state index in [9.17, 15) is 4.79 Å². The van der Waals surface area contributed by atoms with E-state index < -0.39 is 5.60 Å². The van der Waals surface area contributed by atoms with E-state index in [1.54, 1.807) is 0 Å². The number of allylic oxidation sites excluding steroid dienone is 2. The molecule has 3 nitrogen and oxygen atoms in total. The lowest BCUT2D eigenvalue weighted by atomic mass is 9.87. The smallest absolute Gasteiger partial charge is 0.169 e. The zero-order valence-corrected chi connectivity index (χ0v) is 12.0. The van der Waals surface area contributed by atoms with Gasteiger partial charge in [-0.15, -0.1) is 0 Å². The molecule has 2 atom stereocenters. The summed E-state index contributed by atoms with van der Waals surface area (Å²) in [7, 11) is 0. The van der Waals surface area contributed by atoms with E-state index in [4.69, 9.17) is 9.47 Å². The number of benzene rings is 1. The Labute approximate surface area is 125 Å². The van der Waals surface area contributed by atoms with Crippen molar-refractivity contribution in [3.05, 3.63) is 60.2 Å². The maximum atomic E-state index is 12.7. The predicted molar refractivity (Wildman–Crippen MR) is 81.1 cm³/mol. The average molecular weight is 284 g/mol. The van der Waals surface area contributed by atoms with Gasteiger partial charge in [-0.25, -0.2) is 0 Å². The van der Waals surface area contributed by atoms with Crippen LogP contribution >= 0.6 is 0 Å². The Bertz CT molecular complexity index is 543. The zero-order valence-electron chi connectivity index (χ0n) is 12.0. The van der Waals surface area contributed by atoms with Crippen molar-refractivity contribution in [3.8, 4) is 0 Å². The van der Waals surface area contributed by atoms with Crippen LogP contribution in [0.3, 0.4) is 0 Å². The van der Waals surface area contributed by atoms with Crippen LogP contribution in [0.25, 0.3) is 0 Å². The van der Waals surface area contributed by atoms with Gasteiger partial charge in [-0.05, 0) is 18.1 Å². The van der Waals surface area contributed by atoms with Crippen LogP contribution in [0.1, 0.15) is 18.4 Å². The molecule has 2 unspecified atom stereocenters.